The Hall–Kier alpha value is -2.78. The van der Waals surface area contributed by atoms with E-state index in [0.717, 1.165) is 68.2 Å². The molecule has 188 valence electrons. The molecular weight excluding hydrogens is 442 g/mol. The highest BCUT2D eigenvalue weighted by Crippen LogP contribution is 2.37. The van der Waals surface area contributed by atoms with Gasteiger partial charge in [-0.05, 0) is 77.2 Å². The van der Waals surface area contributed by atoms with Gasteiger partial charge in [0.1, 0.15) is 30.0 Å². The van der Waals surface area contributed by atoms with Crippen molar-refractivity contribution in [2.45, 2.75) is 76.2 Å². The maximum atomic E-state index is 6.10. The summed E-state index contributed by atoms with van der Waals surface area (Å²) in [5, 5.41) is 17.9. The molecule has 0 amide bonds. The molecule has 1 aliphatic carbocycles. The van der Waals surface area contributed by atoms with Gasteiger partial charge < -0.3 is 18.9 Å². The fourth-order valence-electron chi connectivity index (χ4n) is 5.30. The first-order chi connectivity index (χ1) is 17.0. The van der Waals surface area contributed by atoms with E-state index in [9.17, 15) is 0 Å². The van der Waals surface area contributed by atoms with Gasteiger partial charge in [0.2, 0.25) is 0 Å². The molecule has 0 unspecified atom stereocenters. The Kier molecular flexibility index (Phi) is 7.15. The van der Waals surface area contributed by atoms with Gasteiger partial charge in [0.15, 0.2) is 5.82 Å². The Bertz CT molecular complexity index is 1110. The van der Waals surface area contributed by atoms with Crippen molar-refractivity contribution in [1.29, 1.82) is 0 Å². The molecule has 2 fully saturated rings. The molecule has 3 aromatic rings. The number of rotatable bonds is 7. The van der Waals surface area contributed by atoms with Gasteiger partial charge in [0.25, 0.3) is 0 Å². The van der Waals surface area contributed by atoms with Crippen molar-refractivity contribution < 1.29 is 9.47 Å². The number of aryl methyl sites for hydroxylation is 1. The summed E-state index contributed by atoms with van der Waals surface area (Å²) < 4.78 is 16.2. The van der Waals surface area contributed by atoms with E-state index >= 15 is 0 Å². The Morgan fingerprint density at radius 1 is 1.06 bits per heavy atom. The molecule has 0 N–H and O–H groups in total. The third-order valence-corrected chi connectivity index (χ3v) is 7.63. The number of hydrogen-bond acceptors (Lipinski definition) is 7. The maximum Gasteiger partial charge on any atom is 0.170 e. The largest absolute Gasteiger partial charge is 0.486 e. The lowest BCUT2D eigenvalue weighted by Gasteiger charge is -2.32. The van der Waals surface area contributed by atoms with Crippen LogP contribution in [0.3, 0.4) is 0 Å². The van der Waals surface area contributed by atoms with Gasteiger partial charge in [-0.1, -0.05) is 17.3 Å². The molecule has 1 aliphatic heterocycles. The number of benzene rings is 1. The minimum absolute atomic E-state index is 0.0652. The molecule has 2 aromatic heterocycles. The molecule has 2 aliphatic rings. The van der Waals surface area contributed by atoms with Crippen LogP contribution in [0.1, 0.15) is 79.5 Å². The van der Waals surface area contributed by atoms with Gasteiger partial charge >= 0.3 is 0 Å². The van der Waals surface area contributed by atoms with Gasteiger partial charge in [0, 0.05) is 19.0 Å². The van der Waals surface area contributed by atoms with E-state index in [4.69, 9.17) is 9.47 Å². The van der Waals surface area contributed by atoms with Crippen LogP contribution in [0.5, 0.6) is 5.75 Å². The first-order valence-corrected chi connectivity index (χ1v) is 12.8. The SMILES string of the molecule is Cc1cccc(OCc2nnc(C3CCC(n4cc([C@@H]5CC[C@@H](N(C)C)CO5)nn4)CC3)n2C)c1. The summed E-state index contributed by atoms with van der Waals surface area (Å²) >= 11 is 0. The fourth-order valence-corrected chi connectivity index (χ4v) is 5.30. The van der Waals surface area contributed by atoms with E-state index in [2.05, 4.69) is 67.9 Å². The highest BCUT2D eigenvalue weighted by molar-refractivity contribution is 5.27. The monoisotopic (exact) mass is 479 g/mol. The van der Waals surface area contributed by atoms with Crippen LogP contribution in [0.25, 0.3) is 0 Å². The third kappa shape index (κ3) is 5.41. The summed E-state index contributed by atoms with van der Waals surface area (Å²) in [6.45, 7) is 3.24. The van der Waals surface area contributed by atoms with Crippen LogP contribution in [-0.2, 0) is 18.4 Å². The molecule has 35 heavy (non-hydrogen) atoms. The molecule has 0 bridgehead atoms. The Morgan fingerprint density at radius 3 is 2.60 bits per heavy atom. The summed E-state index contributed by atoms with van der Waals surface area (Å²) in [7, 11) is 6.27. The Morgan fingerprint density at radius 2 is 1.89 bits per heavy atom. The average Bonchev–Trinajstić information content (AvgIpc) is 3.50. The number of hydrogen-bond donors (Lipinski definition) is 0. The summed E-state index contributed by atoms with van der Waals surface area (Å²) in [6, 6.07) is 8.95. The first kappa shape index (κ1) is 23.9. The second-order valence-corrected chi connectivity index (χ2v) is 10.3. The molecule has 3 heterocycles. The smallest absolute Gasteiger partial charge is 0.170 e. The zero-order chi connectivity index (χ0) is 24.4. The summed E-state index contributed by atoms with van der Waals surface area (Å²) in [5.74, 6) is 3.17. The van der Waals surface area contributed by atoms with Crippen molar-refractivity contribution in [1.82, 2.24) is 34.7 Å². The second kappa shape index (κ2) is 10.5. The van der Waals surface area contributed by atoms with E-state index in [1.165, 1.54) is 5.56 Å². The molecular formula is C26H37N7O2. The van der Waals surface area contributed by atoms with Crippen LogP contribution >= 0.6 is 0 Å². The average molecular weight is 480 g/mol. The maximum absolute atomic E-state index is 6.10. The first-order valence-electron chi connectivity index (χ1n) is 12.8. The molecule has 1 aromatic carbocycles. The minimum atomic E-state index is 0.0652. The van der Waals surface area contributed by atoms with Crippen LogP contribution in [0.2, 0.25) is 0 Å². The van der Waals surface area contributed by atoms with Crippen molar-refractivity contribution in [3.63, 3.8) is 0 Å². The van der Waals surface area contributed by atoms with Crippen molar-refractivity contribution in [3.8, 4) is 5.75 Å². The van der Waals surface area contributed by atoms with Crippen molar-refractivity contribution in [2.75, 3.05) is 20.7 Å². The zero-order valence-electron chi connectivity index (χ0n) is 21.3. The van der Waals surface area contributed by atoms with Crippen molar-refractivity contribution in [2.24, 2.45) is 7.05 Å². The topological polar surface area (TPSA) is 83.1 Å². The van der Waals surface area contributed by atoms with Crippen LogP contribution in [0, 0.1) is 6.92 Å². The fraction of sp³-hybridized carbons (Fsp3) is 0.615. The zero-order valence-corrected chi connectivity index (χ0v) is 21.3. The van der Waals surface area contributed by atoms with Crippen molar-refractivity contribution in [3.05, 3.63) is 53.4 Å². The van der Waals surface area contributed by atoms with Crippen LogP contribution < -0.4 is 4.74 Å². The molecule has 5 rings (SSSR count). The van der Waals surface area contributed by atoms with Gasteiger partial charge in [-0.3, -0.25) is 0 Å². The molecule has 1 saturated heterocycles. The number of aromatic nitrogens is 6. The van der Waals surface area contributed by atoms with E-state index < -0.39 is 0 Å². The van der Waals surface area contributed by atoms with Gasteiger partial charge in [0.05, 0.1) is 18.8 Å². The van der Waals surface area contributed by atoms with Crippen LogP contribution in [0.4, 0.5) is 0 Å². The molecule has 1 saturated carbocycles. The van der Waals surface area contributed by atoms with Gasteiger partial charge in [-0.2, -0.15) is 0 Å². The van der Waals surface area contributed by atoms with Crippen molar-refractivity contribution >= 4 is 0 Å². The highest BCUT2D eigenvalue weighted by atomic mass is 16.5. The number of ether oxygens (including phenoxy) is 2. The van der Waals surface area contributed by atoms with E-state index in [-0.39, 0.29) is 6.10 Å². The summed E-state index contributed by atoms with van der Waals surface area (Å²) in [6.07, 6.45) is 8.55. The van der Waals surface area contributed by atoms with Gasteiger partial charge in [-0.15, -0.1) is 15.3 Å². The normalized spacial score (nSPS) is 25.2. The minimum Gasteiger partial charge on any atom is -0.486 e. The predicted octanol–water partition coefficient (Wildman–Crippen LogP) is 3.97. The predicted molar refractivity (Wildman–Crippen MR) is 132 cm³/mol. The third-order valence-electron chi connectivity index (χ3n) is 7.63. The lowest BCUT2D eigenvalue weighted by atomic mass is 9.85. The number of nitrogens with zero attached hydrogens (tertiary/aromatic N) is 7. The van der Waals surface area contributed by atoms with Crippen LogP contribution in [-0.4, -0.2) is 61.4 Å². The summed E-state index contributed by atoms with van der Waals surface area (Å²) in [5.41, 5.74) is 2.15. The summed E-state index contributed by atoms with van der Waals surface area (Å²) in [4.78, 5) is 2.24. The molecule has 9 nitrogen and oxygen atoms in total. The van der Waals surface area contributed by atoms with Crippen LogP contribution in [0.15, 0.2) is 30.5 Å². The quantitative estimate of drug-likeness (QED) is 0.507. The second-order valence-electron chi connectivity index (χ2n) is 10.3. The molecule has 0 radical (unpaired) electrons. The van der Waals surface area contributed by atoms with Gasteiger partial charge in [-0.25, -0.2) is 4.68 Å². The Balaban J connectivity index is 1.14. The lowest BCUT2D eigenvalue weighted by molar-refractivity contribution is -0.0291. The Labute approximate surface area is 207 Å². The molecule has 9 heteroatoms. The van der Waals surface area contributed by atoms with E-state index in [1.54, 1.807) is 0 Å². The highest BCUT2D eigenvalue weighted by Gasteiger charge is 2.30. The molecule has 0 spiro atoms. The molecule has 2 atom stereocenters. The standard InChI is InChI=1S/C26H37N7O2/c1-18-6-5-7-22(14-18)34-17-25-28-29-26(32(25)4)19-8-10-20(11-9-19)33-15-23(27-30-33)24-13-12-21(16-35-24)31(2)3/h5-7,14-15,19-21,24H,8-13,16-17H2,1-4H3/t19?,20?,21-,24+/m1/s1. The van der Waals surface area contributed by atoms with E-state index in [0.29, 0.717) is 24.6 Å². The number of likely N-dealkylation sites (N-methyl/N-ethyl adjacent to an activating group) is 1. The van der Waals surface area contributed by atoms with E-state index in [1.807, 2.05) is 25.2 Å². The lowest BCUT2D eigenvalue weighted by Crippen LogP contribution is -2.36.